The van der Waals surface area contributed by atoms with Gasteiger partial charge in [-0.2, -0.15) is 0 Å². The molecule has 1 rings (SSSR count). The molecule has 0 aliphatic carbocycles. The number of hydrogen-bond donors (Lipinski definition) is 3. The lowest BCUT2D eigenvalue weighted by Crippen LogP contribution is -2.43. The van der Waals surface area contributed by atoms with Gasteiger partial charge in [-0.25, -0.2) is 0 Å². The molecule has 0 aromatic carbocycles. The lowest BCUT2D eigenvalue weighted by molar-refractivity contribution is -0.121. The molecule has 3 N–H and O–H groups in total. The van der Waals surface area contributed by atoms with Crippen molar-refractivity contribution in [2.24, 2.45) is 0 Å². The molecule has 0 aromatic heterocycles. The summed E-state index contributed by atoms with van der Waals surface area (Å²) in [4.78, 5) is 11.5. The Kier molecular flexibility index (Phi) is 7.12. The van der Waals surface area contributed by atoms with Crippen molar-refractivity contribution in [3.8, 4) is 0 Å². The van der Waals surface area contributed by atoms with Crippen LogP contribution in [0.1, 0.15) is 25.7 Å². The summed E-state index contributed by atoms with van der Waals surface area (Å²) in [6.07, 6.45) is 3.52. The third-order valence-corrected chi connectivity index (χ3v) is 2.63. The van der Waals surface area contributed by atoms with Gasteiger partial charge in [0, 0.05) is 25.9 Å². The third kappa shape index (κ3) is 6.05. The highest BCUT2D eigenvalue weighted by Crippen LogP contribution is 2.05. The number of nitrogens with one attached hydrogen (secondary N) is 2. The quantitative estimate of drug-likeness (QED) is 0.523. The highest BCUT2D eigenvalue weighted by Gasteiger charge is 2.15. The maximum atomic E-state index is 11.5. The van der Waals surface area contributed by atoms with Crippen molar-refractivity contribution >= 4 is 5.91 Å². The Bertz CT molecular complexity index is 194. The van der Waals surface area contributed by atoms with Crippen molar-refractivity contribution in [3.63, 3.8) is 0 Å². The molecule has 5 nitrogen and oxygen atoms in total. The van der Waals surface area contributed by atoms with Gasteiger partial charge in [0.2, 0.25) is 5.91 Å². The number of ether oxygens (including phenoxy) is 1. The Morgan fingerprint density at radius 2 is 2.06 bits per heavy atom. The molecule has 94 valence electrons. The summed E-state index contributed by atoms with van der Waals surface area (Å²) >= 11 is 0. The maximum absolute atomic E-state index is 11.5. The largest absolute Gasteiger partial charge is 0.396 e. The number of hydrogen-bond acceptors (Lipinski definition) is 4. The molecular formula is C11H22N2O3. The van der Waals surface area contributed by atoms with Crippen LogP contribution in [0.15, 0.2) is 0 Å². The van der Waals surface area contributed by atoms with Crippen LogP contribution < -0.4 is 10.6 Å². The second-order valence-electron chi connectivity index (χ2n) is 4.06. The van der Waals surface area contributed by atoms with Crippen LogP contribution >= 0.6 is 0 Å². The van der Waals surface area contributed by atoms with Crippen LogP contribution in [0, 0.1) is 0 Å². The molecule has 0 saturated carbocycles. The lowest BCUT2D eigenvalue weighted by Gasteiger charge is -2.23. The van der Waals surface area contributed by atoms with Gasteiger partial charge in [0.25, 0.3) is 0 Å². The predicted molar refractivity (Wildman–Crippen MR) is 61.2 cm³/mol. The Morgan fingerprint density at radius 3 is 2.75 bits per heavy atom. The van der Waals surface area contributed by atoms with Crippen LogP contribution in [0.2, 0.25) is 0 Å². The highest BCUT2D eigenvalue weighted by atomic mass is 16.5. The third-order valence-electron chi connectivity index (χ3n) is 2.63. The zero-order chi connectivity index (χ0) is 11.6. The van der Waals surface area contributed by atoms with Crippen molar-refractivity contribution in [1.82, 2.24) is 10.6 Å². The molecule has 1 aliphatic rings. The van der Waals surface area contributed by atoms with Crippen LogP contribution in [0.3, 0.4) is 0 Å². The lowest BCUT2D eigenvalue weighted by atomic mass is 10.1. The highest BCUT2D eigenvalue weighted by molar-refractivity contribution is 5.78. The molecular weight excluding hydrogens is 208 g/mol. The van der Waals surface area contributed by atoms with E-state index in [-0.39, 0.29) is 18.6 Å². The van der Waals surface area contributed by atoms with Gasteiger partial charge >= 0.3 is 0 Å². The van der Waals surface area contributed by atoms with Gasteiger partial charge in [0.15, 0.2) is 0 Å². The van der Waals surface area contributed by atoms with Gasteiger partial charge in [-0.3, -0.25) is 4.79 Å². The smallest absolute Gasteiger partial charge is 0.234 e. The number of carbonyl (C=O) groups excluding carboxylic acids is 1. The van der Waals surface area contributed by atoms with E-state index in [1.807, 2.05) is 0 Å². The van der Waals surface area contributed by atoms with Crippen molar-refractivity contribution in [2.45, 2.75) is 31.7 Å². The number of rotatable bonds is 7. The van der Waals surface area contributed by atoms with E-state index in [9.17, 15) is 4.79 Å². The van der Waals surface area contributed by atoms with Crippen molar-refractivity contribution in [1.29, 1.82) is 0 Å². The van der Waals surface area contributed by atoms with Crippen LogP contribution in [0.25, 0.3) is 0 Å². The first-order chi connectivity index (χ1) is 7.83. The molecule has 0 unspecified atom stereocenters. The minimum absolute atomic E-state index is 0.0518. The zero-order valence-electron chi connectivity index (χ0n) is 9.71. The zero-order valence-corrected chi connectivity index (χ0v) is 9.71. The van der Waals surface area contributed by atoms with E-state index in [2.05, 4.69) is 10.6 Å². The molecule has 16 heavy (non-hydrogen) atoms. The Balaban J connectivity index is 1.97. The summed E-state index contributed by atoms with van der Waals surface area (Å²) in [6.45, 7) is 2.85. The maximum Gasteiger partial charge on any atom is 0.234 e. The molecule has 0 spiro atoms. The molecule has 1 saturated heterocycles. The summed E-state index contributed by atoms with van der Waals surface area (Å²) in [7, 11) is 0. The fourth-order valence-electron chi connectivity index (χ4n) is 1.68. The molecule has 0 aromatic rings. The molecule has 1 fully saturated rings. The average molecular weight is 230 g/mol. The Labute approximate surface area is 96.6 Å². The summed E-state index contributed by atoms with van der Waals surface area (Å²) in [5.74, 6) is 0.0518. The van der Waals surface area contributed by atoms with E-state index in [0.29, 0.717) is 6.54 Å². The number of unbranched alkanes of at least 4 members (excludes halogenated alkanes) is 1. The van der Waals surface area contributed by atoms with E-state index in [4.69, 9.17) is 9.84 Å². The molecule has 1 heterocycles. The second-order valence-corrected chi connectivity index (χ2v) is 4.06. The molecule has 0 radical (unpaired) electrons. The van der Waals surface area contributed by atoms with Crippen LogP contribution in [0.4, 0.5) is 0 Å². The standard InChI is InChI=1S/C11H22N2O3/c14-6-2-1-5-12-9-11(15)13-10-3-7-16-8-4-10/h10,12,14H,1-9H2,(H,13,15). The van der Waals surface area contributed by atoms with E-state index < -0.39 is 0 Å². The number of carbonyl (C=O) groups is 1. The van der Waals surface area contributed by atoms with Gasteiger partial charge in [-0.05, 0) is 32.2 Å². The van der Waals surface area contributed by atoms with Crippen molar-refractivity contribution in [2.75, 3.05) is 32.9 Å². The van der Waals surface area contributed by atoms with Gasteiger partial charge < -0.3 is 20.5 Å². The normalized spacial score (nSPS) is 17.3. The molecule has 0 bridgehead atoms. The van der Waals surface area contributed by atoms with Crippen molar-refractivity contribution < 1.29 is 14.6 Å². The molecule has 1 amide bonds. The minimum Gasteiger partial charge on any atom is -0.396 e. The number of aliphatic hydroxyl groups excluding tert-OH is 1. The van der Waals surface area contributed by atoms with E-state index in [1.165, 1.54) is 0 Å². The topological polar surface area (TPSA) is 70.6 Å². The Morgan fingerprint density at radius 1 is 1.31 bits per heavy atom. The minimum atomic E-state index is 0.0518. The molecule has 1 aliphatic heterocycles. The monoisotopic (exact) mass is 230 g/mol. The van der Waals surface area contributed by atoms with Gasteiger partial charge in [0.05, 0.1) is 6.54 Å². The SMILES string of the molecule is O=C(CNCCCCO)NC1CCOCC1. The summed E-state index contributed by atoms with van der Waals surface area (Å²) in [5.41, 5.74) is 0. The van der Waals surface area contributed by atoms with Crippen LogP contribution in [-0.4, -0.2) is 50.0 Å². The summed E-state index contributed by atoms with van der Waals surface area (Å²) in [6, 6.07) is 0.278. The van der Waals surface area contributed by atoms with E-state index >= 15 is 0 Å². The predicted octanol–water partition coefficient (Wildman–Crippen LogP) is -0.356. The fraction of sp³-hybridized carbons (Fsp3) is 0.909. The summed E-state index contributed by atoms with van der Waals surface area (Å²) in [5, 5.41) is 14.6. The first-order valence-corrected chi connectivity index (χ1v) is 6.01. The number of aliphatic hydroxyl groups is 1. The second kappa shape index (κ2) is 8.50. The van der Waals surface area contributed by atoms with Crippen LogP contribution in [0.5, 0.6) is 0 Å². The average Bonchev–Trinajstić information content (AvgIpc) is 2.30. The Hall–Kier alpha value is -0.650. The van der Waals surface area contributed by atoms with Gasteiger partial charge in [-0.1, -0.05) is 0 Å². The molecule has 5 heteroatoms. The van der Waals surface area contributed by atoms with Gasteiger partial charge in [0.1, 0.15) is 0 Å². The first-order valence-electron chi connectivity index (χ1n) is 6.01. The number of amides is 1. The van der Waals surface area contributed by atoms with E-state index in [1.54, 1.807) is 0 Å². The fourth-order valence-corrected chi connectivity index (χ4v) is 1.68. The summed E-state index contributed by atoms with van der Waals surface area (Å²) < 4.78 is 5.22. The van der Waals surface area contributed by atoms with Gasteiger partial charge in [-0.15, -0.1) is 0 Å². The van der Waals surface area contributed by atoms with E-state index in [0.717, 1.165) is 45.4 Å². The first kappa shape index (κ1) is 13.4. The van der Waals surface area contributed by atoms with Crippen LogP contribution in [-0.2, 0) is 9.53 Å². The van der Waals surface area contributed by atoms with Crippen molar-refractivity contribution in [3.05, 3.63) is 0 Å². The molecule has 0 atom stereocenters.